The van der Waals surface area contributed by atoms with Gasteiger partial charge in [0.05, 0.1) is 17.3 Å². The van der Waals surface area contributed by atoms with Crippen LogP contribution >= 0.6 is 23.2 Å². The third-order valence-corrected chi connectivity index (χ3v) is 5.96. The number of rotatable bonds is 4. The molecule has 1 aliphatic heterocycles. The summed E-state index contributed by atoms with van der Waals surface area (Å²) in [5.74, 6) is 0.412. The number of ketones is 1. The number of halogens is 2. The summed E-state index contributed by atoms with van der Waals surface area (Å²) in [7, 11) is 0. The van der Waals surface area contributed by atoms with Crippen LogP contribution in [0.15, 0.2) is 53.7 Å². The molecular formula is C23H21Cl2NO3. The van der Waals surface area contributed by atoms with Crippen LogP contribution in [0.1, 0.15) is 44.1 Å². The number of carbonyl (C=O) groups is 2. The van der Waals surface area contributed by atoms with Crippen LogP contribution in [0.5, 0.6) is 5.75 Å². The minimum absolute atomic E-state index is 0.0843. The first-order valence-electron chi connectivity index (χ1n) is 9.77. The maximum atomic E-state index is 13.3. The number of anilines is 1. The summed E-state index contributed by atoms with van der Waals surface area (Å²) < 4.78 is 5.79. The maximum absolute atomic E-state index is 13.3. The molecule has 2 aliphatic rings. The van der Waals surface area contributed by atoms with Crippen molar-refractivity contribution >= 4 is 40.6 Å². The number of amides is 1. The van der Waals surface area contributed by atoms with E-state index in [1.54, 1.807) is 23.1 Å². The van der Waals surface area contributed by atoms with Gasteiger partial charge in [0, 0.05) is 40.6 Å². The van der Waals surface area contributed by atoms with Crippen LogP contribution in [-0.2, 0) is 9.59 Å². The van der Waals surface area contributed by atoms with E-state index in [1.165, 1.54) is 0 Å². The fraction of sp³-hybridized carbons (Fsp3) is 0.304. The molecule has 1 amide bonds. The van der Waals surface area contributed by atoms with Crippen molar-refractivity contribution in [3.63, 3.8) is 0 Å². The van der Waals surface area contributed by atoms with Crippen LogP contribution in [0, 0.1) is 0 Å². The van der Waals surface area contributed by atoms with Crippen molar-refractivity contribution in [2.75, 3.05) is 11.5 Å². The van der Waals surface area contributed by atoms with E-state index in [2.05, 4.69) is 0 Å². The lowest BCUT2D eigenvalue weighted by atomic mass is 9.77. The Morgan fingerprint density at radius 1 is 1.10 bits per heavy atom. The van der Waals surface area contributed by atoms with Gasteiger partial charge in [-0.3, -0.25) is 14.5 Å². The van der Waals surface area contributed by atoms with Crippen LogP contribution in [0.2, 0.25) is 10.0 Å². The third kappa shape index (κ3) is 3.67. The summed E-state index contributed by atoms with van der Waals surface area (Å²) in [5.41, 5.74) is 2.90. The average Bonchev–Trinajstić information content (AvgIpc) is 2.69. The van der Waals surface area contributed by atoms with Crippen LogP contribution < -0.4 is 9.64 Å². The Bertz CT molecular complexity index is 1010. The van der Waals surface area contributed by atoms with Gasteiger partial charge in [0.1, 0.15) is 5.75 Å². The highest BCUT2D eigenvalue weighted by atomic mass is 35.5. The summed E-state index contributed by atoms with van der Waals surface area (Å²) in [6.45, 7) is 2.44. The van der Waals surface area contributed by atoms with Gasteiger partial charge >= 0.3 is 0 Å². The van der Waals surface area contributed by atoms with Gasteiger partial charge in [0.25, 0.3) is 0 Å². The Hall–Kier alpha value is -2.30. The molecule has 4 rings (SSSR count). The van der Waals surface area contributed by atoms with E-state index >= 15 is 0 Å². The molecule has 2 aromatic rings. The molecule has 0 saturated heterocycles. The number of hydrogen-bond donors (Lipinski definition) is 0. The molecule has 0 N–H and O–H groups in total. The van der Waals surface area contributed by atoms with Crippen LogP contribution in [0.25, 0.3) is 0 Å². The van der Waals surface area contributed by atoms with Gasteiger partial charge in [-0.2, -0.15) is 0 Å². The zero-order valence-electron chi connectivity index (χ0n) is 16.1. The fourth-order valence-electron chi connectivity index (χ4n) is 4.26. The Labute approximate surface area is 180 Å². The van der Waals surface area contributed by atoms with Crippen molar-refractivity contribution in [1.82, 2.24) is 0 Å². The molecule has 150 valence electrons. The Morgan fingerprint density at radius 3 is 2.66 bits per heavy atom. The molecule has 29 heavy (non-hydrogen) atoms. The first-order chi connectivity index (χ1) is 14.0. The lowest BCUT2D eigenvalue weighted by Gasteiger charge is -2.39. The van der Waals surface area contributed by atoms with Crippen molar-refractivity contribution in [1.29, 1.82) is 0 Å². The van der Waals surface area contributed by atoms with Crippen LogP contribution in [-0.4, -0.2) is 18.3 Å². The number of para-hydroxylation sites is 1. The highest BCUT2D eigenvalue weighted by Gasteiger charge is 2.41. The number of nitrogens with zero attached hydrogens (tertiary/aromatic N) is 1. The van der Waals surface area contributed by atoms with Gasteiger partial charge in [0.2, 0.25) is 5.91 Å². The van der Waals surface area contributed by atoms with E-state index in [9.17, 15) is 9.59 Å². The zero-order chi connectivity index (χ0) is 20.5. The minimum atomic E-state index is -0.310. The molecule has 0 aromatic heterocycles. The predicted octanol–water partition coefficient (Wildman–Crippen LogP) is 5.92. The van der Waals surface area contributed by atoms with E-state index in [4.69, 9.17) is 27.9 Å². The van der Waals surface area contributed by atoms with Crippen molar-refractivity contribution in [2.45, 2.75) is 38.5 Å². The first-order valence-corrected chi connectivity index (χ1v) is 10.5. The quantitative estimate of drug-likeness (QED) is 0.605. The van der Waals surface area contributed by atoms with E-state index in [1.807, 2.05) is 31.2 Å². The largest absolute Gasteiger partial charge is 0.494 e. The second-order valence-electron chi connectivity index (χ2n) is 7.19. The normalized spacial score (nSPS) is 19.4. The smallest absolute Gasteiger partial charge is 0.232 e. The molecule has 1 aliphatic carbocycles. The first kappa shape index (κ1) is 20.0. The fourth-order valence-corrected chi connectivity index (χ4v) is 4.75. The Kier molecular flexibility index (Phi) is 5.66. The van der Waals surface area contributed by atoms with Crippen molar-refractivity contribution in [3.8, 4) is 5.75 Å². The van der Waals surface area contributed by atoms with Gasteiger partial charge in [-0.1, -0.05) is 41.4 Å². The second kappa shape index (κ2) is 8.21. The molecule has 0 saturated carbocycles. The molecule has 6 heteroatoms. The van der Waals surface area contributed by atoms with Crippen LogP contribution in [0.4, 0.5) is 5.69 Å². The summed E-state index contributed by atoms with van der Waals surface area (Å²) in [4.78, 5) is 27.9. The summed E-state index contributed by atoms with van der Waals surface area (Å²) >= 11 is 12.4. The number of ether oxygens (including phenoxy) is 1. The monoisotopic (exact) mass is 429 g/mol. The third-order valence-electron chi connectivity index (χ3n) is 5.42. The minimum Gasteiger partial charge on any atom is -0.494 e. The van der Waals surface area contributed by atoms with Gasteiger partial charge in [0.15, 0.2) is 5.78 Å². The van der Waals surface area contributed by atoms with E-state index in [0.29, 0.717) is 47.2 Å². The maximum Gasteiger partial charge on any atom is 0.232 e. The van der Waals surface area contributed by atoms with Gasteiger partial charge in [-0.15, -0.1) is 0 Å². The molecule has 0 fully saturated rings. The lowest BCUT2D eigenvalue weighted by Crippen LogP contribution is -2.40. The second-order valence-corrected chi connectivity index (χ2v) is 8.03. The van der Waals surface area contributed by atoms with E-state index in [0.717, 1.165) is 17.0 Å². The molecule has 4 nitrogen and oxygen atoms in total. The number of benzene rings is 2. The van der Waals surface area contributed by atoms with Crippen molar-refractivity contribution in [2.24, 2.45) is 0 Å². The lowest BCUT2D eigenvalue weighted by molar-refractivity contribution is -0.119. The van der Waals surface area contributed by atoms with Crippen molar-refractivity contribution < 1.29 is 14.3 Å². The summed E-state index contributed by atoms with van der Waals surface area (Å²) in [6.07, 6.45) is 2.04. The molecular weight excluding hydrogens is 409 g/mol. The van der Waals surface area contributed by atoms with Crippen molar-refractivity contribution in [3.05, 3.63) is 69.3 Å². The molecule has 1 atom stereocenters. The topological polar surface area (TPSA) is 46.6 Å². The van der Waals surface area contributed by atoms with E-state index in [-0.39, 0.29) is 24.0 Å². The summed E-state index contributed by atoms with van der Waals surface area (Å²) in [6, 6.07) is 12.7. The van der Waals surface area contributed by atoms with Gasteiger partial charge < -0.3 is 4.74 Å². The predicted molar refractivity (Wildman–Crippen MR) is 115 cm³/mol. The van der Waals surface area contributed by atoms with Gasteiger partial charge in [-0.25, -0.2) is 0 Å². The molecule has 1 unspecified atom stereocenters. The molecule has 1 heterocycles. The average molecular weight is 430 g/mol. The van der Waals surface area contributed by atoms with E-state index < -0.39 is 0 Å². The number of allylic oxidation sites excluding steroid dienone is 2. The Morgan fingerprint density at radius 2 is 1.90 bits per heavy atom. The molecule has 0 radical (unpaired) electrons. The van der Waals surface area contributed by atoms with Crippen LogP contribution in [0.3, 0.4) is 0 Å². The number of Topliss-reactive ketones (excluding diaryl/α,β-unsaturated/α-hetero) is 1. The number of hydrogen-bond acceptors (Lipinski definition) is 3. The standard InChI is InChI=1S/C23H21Cl2NO3/c1-2-29-21-9-4-3-6-15(21)16-13-22(28)26(18-11-10-14(24)12-17(18)25)19-7-5-8-20(27)23(16)19/h3-4,6,9-12,16H,2,5,7-8,13H2,1H3. The molecule has 0 bridgehead atoms. The number of carbonyl (C=O) groups excluding carboxylic acids is 2. The SMILES string of the molecule is CCOc1ccccc1C1CC(=O)N(c2ccc(Cl)cc2Cl)C2=C1C(=O)CCC2. The highest BCUT2D eigenvalue weighted by Crippen LogP contribution is 2.46. The Balaban J connectivity index is 1.88. The molecule has 2 aromatic carbocycles. The van der Waals surface area contributed by atoms with Gasteiger partial charge in [-0.05, 0) is 44.0 Å². The highest BCUT2D eigenvalue weighted by molar-refractivity contribution is 6.37. The molecule has 0 spiro atoms. The summed E-state index contributed by atoms with van der Waals surface area (Å²) in [5, 5.41) is 0.893. The zero-order valence-corrected chi connectivity index (χ0v) is 17.6.